The Balaban J connectivity index is 2.11. The van der Waals surface area contributed by atoms with E-state index in [4.69, 9.17) is 21.1 Å². The van der Waals surface area contributed by atoms with E-state index in [2.05, 4.69) is 5.32 Å². The first kappa shape index (κ1) is 24.8. The van der Waals surface area contributed by atoms with Crippen LogP contribution in [0.3, 0.4) is 0 Å². The lowest BCUT2D eigenvalue weighted by Gasteiger charge is -2.18. The predicted molar refractivity (Wildman–Crippen MR) is 123 cm³/mol. The molecule has 0 aliphatic carbocycles. The third kappa shape index (κ3) is 7.60. The zero-order valence-electron chi connectivity index (χ0n) is 17.8. The summed E-state index contributed by atoms with van der Waals surface area (Å²) in [5, 5.41) is 3.26. The number of carbonyl (C=O) groups is 3. The number of thioether (sulfide) groups is 1. The van der Waals surface area contributed by atoms with E-state index >= 15 is 0 Å². The molecule has 0 spiro atoms. The Morgan fingerprint density at radius 2 is 1.77 bits per heavy atom. The van der Waals surface area contributed by atoms with E-state index in [1.54, 1.807) is 54.2 Å². The van der Waals surface area contributed by atoms with E-state index in [0.29, 0.717) is 46.2 Å². The molecule has 0 unspecified atom stereocenters. The maximum Gasteiger partial charge on any atom is 0.329 e. The van der Waals surface area contributed by atoms with Crippen molar-refractivity contribution in [2.45, 2.75) is 32.9 Å². The second-order valence-electron chi connectivity index (χ2n) is 6.73. The first-order valence-electron chi connectivity index (χ1n) is 9.84. The number of carbonyl (C=O) groups excluding carboxylic acids is 3. The lowest BCUT2D eigenvalue weighted by Crippen LogP contribution is -2.42. The molecule has 1 atom stereocenters. The lowest BCUT2D eigenvalue weighted by atomic mass is 10.1. The van der Waals surface area contributed by atoms with Crippen LogP contribution in [-0.2, 0) is 16.1 Å². The fraction of sp³-hybridized carbons (Fsp3) is 0.348. The highest BCUT2D eigenvalue weighted by molar-refractivity contribution is 7.98. The number of nitrogens with one attached hydrogen (secondary N) is 1. The van der Waals surface area contributed by atoms with E-state index in [9.17, 15) is 14.4 Å². The third-order valence-corrected chi connectivity index (χ3v) is 5.34. The molecule has 0 radical (unpaired) electrons. The Kier molecular flexibility index (Phi) is 9.88. The molecule has 8 heteroatoms. The molecule has 0 aromatic heterocycles. The topological polar surface area (TPSA) is 81.7 Å². The average molecular weight is 464 g/mol. The van der Waals surface area contributed by atoms with Crippen molar-refractivity contribution in [2.24, 2.45) is 0 Å². The van der Waals surface area contributed by atoms with E-state index in [1.165, 1.54) is 6.92 Å². The average Bonchev–Trinajstić information content (AvgIpc) is 2.76. The Bertz CT molecular complexity index is 917. The molecule has 6 nitrogen and oxygen atoms in total. The third-order valence-electron chi connectivity index (χ3n) is 4.44. The maximum absolute atomic E-state index is 12.8. The van der Waals surface area contributed by atoms with Crippen LogP contribution in [0.2, 0.25) is 5.02 Å². The number of ketones is 1. The predicted octanol–water partition coefficient (Wildman–Crippen LogP) is 4.54. The normalized spacial score (nSPS) is 11.5. The van der Waals surface area contributed by atoms with Gasteiger partial charge in [-0.2, -0.15) is 11.8 Å². The molecule has 0 saturated carbocycles. The smallest absolute Gasteiger partial charge is 0.329 e. The fourth-order valence-corrected chi connectivity index (χ4v) is 3.38. The number of amides is 1. The highest BCUT2D eigenvalue weighted by Crippen LogP contribution is 2.22. The van der Waals surface area contributed by atoms with Crippen LogP contribution in [0, 0.1) is 0 Å². The first-order chi connectivity index (χ1) is 14.8. The summed E-state index contributed by atoms with van der Waals surface area (Å²) in [7, 11) is 0. The van der Waals surface area contributed by atoms with Gasteiger partial charge in [0.05, 0.1) is 6.61 Å². The van der Waals surface area contributed by atoms with E-state index < -0.39 is 12.0 Å². The van der Waals surface area contributed by atoms with Gasteiger partial charge >= 0.3 is 5.97 Å². The van der Waals surface area contributed by atoms with Gasteiger partial charge in [0.15, 0.2) is 5.78 Å². The molecule has 166 valence electrons. The van der Waals surface area contributed by atoms with Crippen LogP contribution in [0.15, 0.2) is 42.5 Å². The van der Waals surface area contributed by atoms with Gasteiger partial charge in [-0.3, -0.25) is 9.59 Å². The molecule has 2 aromatic carbocycles. The lowest BCUT2D eigenvalue weighted by molar-refractivity contribution is -0.147. The molecule has 0 aliphatic rings. The first-order valence-corrected chi connectivity index (χ1v) is 11.6. The highest BCUT2D eigenvalue weighted by Gasteiger charge is 2.23. The molecule has 2 aromatic rings. The second-order valence-corrected chi connectivity index (χ2v) is 8.16. The van der Waals surface area contributed by atoms with Gasteiger partial charge in [-0.15, -0.1) is 0 Å². The number of rotatable bonds is 11. The van der Waals surface area contributed by atoms with Crippen LogP contribution in [0.1, 0.15) is 46.5 Å². The molecule has 1 amide bonds. The van der Waals surface area contributed by atoms with Crippen LogP contribution in [0.4, 0.5) is 0 Å². The number of Topliss-reactive ketones (excluding diaryl/α,β-unsaturated/α-hetero) is 1. The number of hydrogen-bond donors (Lipinski definition) is 1. The van der Waals surface area contributed by atoms with Crippen LogP contribution < -0.4 is 10.1 Å². The van der Waals surface area contributed by atoms with Crippen LogP contribution in [0.25, 0.3) is 0 Å². The summed E-state index contributed by atoms with van der Waals surface area (Å²) in [6, 6.07) is 10.6. The molecular formula is C23H26ClNO5S. The molecule has 0 fully saturated rings. The largest absolute Gasteiger partial charge is 0.493 e. The van der Waals surface area contributed by atoms with Crippen LogP contribution >= 0.6 is 23.4 Å². The Hall–Kier alpha value is -2.51. The van der Waals surface area contributed by atoms with Gasteiger partial charge in [-0.25, -0.2) is 4.79 Å². The van der Waals surface area contributed by atoms with Crippen molar-refractivity contribution in [1.29, 1.82) is 0 Å². The minimum atomic E-state index is -0.804. The Labute approximate surface area is 191 Å². The van der Waals surface area contributed by atoms with Gasteiger partial charge in [0.1, 0.15) is 18.4 Å². The molecule has 31 heavy (non-hydrogen) atoms. The fourth-order valence-electron chi connectivity index (χ4n) is 2.78. The Morgan fingerprint density at radius 1 is 1.10 bits per heavy atom. The molecule has 0 aliphatic heterocycles. The molecule has 0 saturated heterocycles. The van der Waals surface area contributed by atoms with Crippen molar-refractivity contribution < 1.29 is 23.9 Å². The van der Waals surface area contributed by atoms with Crippen molar-refractivity contribution in [2.75, 3.05) is 18.6 Å². The Morgan fingerprint density at radius 3 is 2.39 bits per heavy atom. The summed E-state index contributed by atoms with van der Waals surface area (Å²) in [6.07, 6.45) is 2.34. The number of hydrogen-bond acceptors (Lipinski definition) is 6. The van der Waals surface area contributed by atoms with Gasteiger partial charge in [-0.05, 0) is 74.7 Å². The molecular weight excluding hydrogens is 438 g/mol. The quantitative estimate of drug-likeness (QED) is 0.389. The minimum absolute atomic E-state index is 0.0676. The number of esters is 1. The van der Waals surface area contributed by atoms with E-state index in [1.807, 2.05) is 13.2 Å². The summed E-state index contributed by atoms with van der Waals surface area (Å²) in [4.78, 5) is 37.0. The van der Waals surface area contributed by atoms with Crippen LogP contribution in [0.5, 0.6) is 5.75 Å². The monoisotopic (exact) mass is 463 g/mol. The van der Waals surface area contributed by atoms with E-state index in [0.717, 1.165) is 0 Å². The summed E-state index contributed by atoms with van der Waals surface area (Å²) >= 11 is 7.43. The van der Waals surface area contributed by atoms with Gasteiger partial charge in [-0.1, -0.05) is 11.6 Å². The van der Waals surface area contributed by atoms with E-state index in [-0.39, 0.29) is 18.3 Å². The zero-order chi connectivity index (χ0) is 22.8. The standard InChI is InChI=1S/C23H26ClNO5S/c1-4-29-21-10-7-17(15(2)26)13-18(21)14-30-23(28)20(11-12-31-3)25-22(27)16-5-8-19(24)9-6-16/h5-10,13,20H,4,11-12,14H2,1-3H3,(H,25,27)/t20-/m0/s1. The molecule has 0 bridgehead atoms. The molecule has 0 heterocycles. The summed E-state index contributed by atoms with van der Waals surface area (Å²) in [6.45, 7) is 3.69. The molecule has 2 rings (SSSR count). The van der Waals surface area contributed by atoms with Gasteiger partial charge < -0.3 is 14.8 Å². The SMILES string of the molecule is CCOc1ccc(C(C)=O)cc1COC(=O)[C@H](CCSC)NC(=O)c1ccc(Cl)cc1. The summed E-state index contributed by atoms with van der Waals surface area (Å²) < 4.78 is 11.1. The molecule has 1 N–H and O–H groups in total. The number of ether oxygens (including phenoxy) is 2. The number of benzene rings is 2. The van der Waals surface area contributed by atoms with Crippen molar-refractivity contribution in [3.8, 4) is 5.75 Å². The van der Waals surface area contributed by atoms with Gasteiger partial charge in [0, 0.05) is 21.7 Å². The van der Waals surface area contributed by atoms with Crippen molar-refractivity contribution in [1.82, 2.24) is 5.32 Å². The van der Waals surface area contributed by atoms with Gasteiger partial charge in [0.25, 0.3) is 5.91 Å². The summed E-state index contributed by atoms with van der Waals surface area (Å²) in [5.74, 6) is 0.195. The number of halogens is 1. The maximum atomic E-state index is 12.8. The van der Waals surface area contributed by atoms with Crippen molar-refractivity contribution in [3.05, 3.63) is 64.2 Å². The minimum Gasteiger partial charge on any atom is -0.493 e. The van der Waals surface area contributed by atoms with Crippen molar-refractivity contribution >= 4 is 41.0 Å². The zero-order valence-corrected chi connectivity index (χ0v) is 19.3. The van der Waals surface area contributed by atoms with Gasteiger partial charge in [0.2, 0.25) is 0 Å². The second kappa shape index (κ2) is 12.4. The van der Waals surface area contributed by atoms with Crippen LogP contribution in [-0.4, -0.2) is 42.3 Å². The van der Waals surface area contributed by atoms with Crippen molar-refractivity contribution in [3.63, 3.8) is 0 Å². The highest BCUT2D eigenvalue weighted by atomic mass is 35.5. The summed E-state index contributed by atoms with van der Waals surface area (Å²) in [5.41, 5.74) is 1.50.